The summed E-state index contributed by atoms with van der Waals surface area (Å²) in [4.78, 5) is 10.7. The van der Waals surface area contributed by atoms with Gasteiger partial charge >= 0.3 is 0 Å². The average molecular weight is 156 g/mol. The van der Waals surface area contributed by atoms with E-state index in [2.05, 4.69) is 4.74 Å². The van der Waals surface area contributed by atoms with Crippen molar-refractivity contribution in [2.45, 2.75) is 6.10 Å². The summed E-state index contributed by atoms with van der Waals surface area (Å²) in [6.45, 7) is 0. The molecule has 0 spiro atoms. The van der Waals surface area contributed by atoms with Crippen molar-refractivity contribution in [2.24, 2.45) is 0 Å². The first-order valence-electron chi connectivity index (χ1n) is 3.04. The van der Waals surface area contributed by atoms with E-state index in [1.807, 2.05) is 0 Å². The number of ether oxygens (including phenoxy) is 1. The van der Waals surface area contributed by atoms with E-state index >= 15 is 0 Å². The Labute approximate surface area is 63.4 Å². The third-order valence-corrected chi connectivity index (χ3v) is 1.40. The molecule has 0 saturated heterocycles. The Bertz CT molecular complexity index is 239. The van der Waals surface area contributed by atoms with Crippen molar-refractivity contribution in [1.29, 1.82) is 0 Å². The van der Waals surface area contributed by atoms with E-state index < -0.39 is 17.6 Å². The van der Waals surface area contributed by atoms with Gasteiger partial charge < -0.3 is 14.9 Å². The van der Waals surface area contributed by atoms with E-state index in [0.29, 0.717) is 0 Å². The van der Waals surface area contributed by atoms with E-state index in [1.54, 1.807) is 0 Å². The van der Waals surface area contributed by atoms with Gasteiger partial charge in [-0.3, -0.25) is 4.79 Å². The maximum atomic E-state index is 10.7. The average Bonchev–Trinajstić information content (AvgIpc) is 2.01. The molecule has 0 amide bonds. The molecule has 4 heteroatoms. The summed E-state index contributed by atoms with van der Waals surface area (Å²) >= 11 is 0. The Morgan fingerprint density at radius 2 is 2.18 bits per heavy atom. The van der Waals surface area contributed by atoms with Crippen LogP contribution in [0.4, 0.5) is 0 Å². The summed E-state index contributed by atoms with van der Waals surface area (Å²) < 4.78 is 4.65. The van der Waals surface area contributed by atoms with Crippen LogP contribution in [0, 0.1) is 0 Å². The van der Waals surface area contributed by atoms with Crippen LogP contribution in [-0.4, -0.2) is 29.2 Å². The topological polar surface area (TPSA) is 66.8 Å². The number of methoxy groups -OCH3 is 1. The molecule has 4 nitrogen and oxygen atoms in total. The number of rotatable bonds is 1. The predicted octanol–water partition coefficient (Wildman–Crippen LogP) is -0.0978. The standard InChI is InChI=1S/C7H8O4/c1-11-5-3-2-4(8)6(9)7(5)10/h2-3,6,9-10H,1H3. The van der Waals surface area contributed by atoms with Crippen molar-refractivity contribution in [1.82, 2.24) is 0 Å². The predicted molar refractivity (Wildman–Crippen MR) is 36.8 cm³/mol. The summed E-state index contributed by atoms with van der Waals surface area (Å²) in [5.74, 6) is -0.847. The van der Waals surface area contributed by atoms with Crippen molar-refractivity contribution < 1.29 is 19.7 Å². The Kier molecular flexibility index (Phi) is 1.96. The summed E-state index contributed by atoms with van der Waals surface area (Å²) in [5, 5.41) is 18.0. The van der Waals surface area contributed by atoms with Crippen LogP contribution in [0.15, 0.2) is 23.7 Å². The van der Waals surface area contributed by atoms with Crippen LogP contribution in [0.2, 0.25) is 0 Å². The van der Waals surface area contributed by atoms with Gasteiger partial charge in [0.15, 0.2) is 23.4 Å². The molecule has 0 aromatic rings. The van der Waals surface area contributed by atoms with Gasteiger partial charge in [0.25, 0.3) is 0 Å². The maximum absolute atomic E-state index is 10.7. The van der Waals surface area contributed by atoms with Gasteiger partial charge in [0, 0.05) is 0 Å². The Balaban J connectivity index is 2.96. The summed E-state index contributed by atoms with van der Waals surface area (Å²) in [5.41, 5.74) is 0. The van der Waals surface area contributed by atoms with E-state index in [4.69, 9.17) is 10.2 Å². The number of aliphatic hydroxyl groups excluding tert-OH is 2. The van der Waals surface area contributed by atoms with Gasteiger partial charge in [-0.1, -0.05) is 0 Å². The lowest BCUT2D eigenvalue weighted by Crippen LogP contribution is -2.24. The van der Waals surface area contributed by atoms with Crippen LogP contribution in [0.25, 0.3) is 0 Å². The molecule has 0 bridgehead atoms. The molecule has 1 rings (SSSR count). The SMILES string of the molecule is COC1=C(O)C(O)C(=O)C=C1. The molecule has 60 valence electrons. The lowest BCUT2D eigenvalue weighted by atomic mass is 10.1. The van der Waals surface area contributed by atoms with Gasteiger partial charge in [-0.2, -0.15) is 0 Å². The van der Waals surface area contributed by atoms with Gasteiger partial charge in [0.2, 0.25) is 0 Å². The largest absolute Gasteiger partial charge is 0.506 e. The molecular weight excluding hydrogens is 148 g/mol. The van der Waals surface area contributed by atoms with Gasteiger partial charge in [0.1, 0.15) is 0 Å². The molecule has 1 aliphatic rings. The van der Waals surface area contributed by atoms with Crippen molar-refractivity contribution in [3.8, 4) is 0 Å². The van der Waals surface area contributed by atoms with Crippen LogP contribution in [0.5, 0.6) is 0 Å². The van der Waals surface area contributed by atoms with Crippen molar-refractivity contribution in [3.63, 3.8) is 0 Å². The molecule has 11 heavy (non-hydrogen) atoms. The van der Waals surface area contributed by atoms with Crippen LogP contribution in [0.3, 0.4) is 0 Å². The molecule has 1 atom stereocenters. The highest BCUT2D eigenvalue weighted by molar-refractivity contribution is 5.96. The minimum atomic E-state index is -1.46. The fourth-order valence-corrected chi connectivity index (χ4v) is 0.776. The van der Waals surface area contributed by atoms with Gasteiger partial charge in [-0.15, -0.1) is 0 Å². The zero-order chi connectivity index (χ0) is 8.43. The van der Waals surface area contributed by atoms with Gasteiger partial charge in [0.05, 0.1) is 7.11 Å². The summed E-state index contributed by atoms with van der Waals surface area (Å²) in [6, 6.07) is 0. The molecule has 0 saturated carbocycles. The lowest BCUT2D eigenvalue weighted by molar-refractivity contribution is -0.122. The number of carbonyl (C=O) groups excluding carboxylic acids is 1. The van der Waals surface area contributed by atoms with Crippen LogP contribution < -0.4 is 0 Å². The Morgan fingerprint density at radius 1 is 1.55 bits per heavy atom. The summed E-state index contributed by atoms with van der Waals surface area (Å²) in [7, 11) is 1.35. The highest BCUT2D eigenvalue weighted by Gasteiger charge is 2.24. The Morgan fingerprint density at radius 3 is 2.73 bits per heavy atom. The first-order chi connectivity index (χ1) is 5.16. The second kappa shape index (κ2) is 2.75. The molecule has 1 unspecified atom stereocenters. The van der Waals surface area contributed by atoms with E-state index in [9.17, 15) is 4.79 Å². The molecular formula is C7H8O4. The second-order valence-corrected chi connectivity index (χ2v) is 2.09. The van der Waals surface area contributed by atoms with Crippen LogP contribution >= 0.6 is 0 Å². The zero-order valence-electron chi connectivity index (χ0n) is 5.94. The first-order valence-corrected chi connectivity index (χ1v) is 3.04. The number of hydrogen-bond acceptors (Lipinski definition) is 4. The zero-order valence-corrected chi connectivity index (χ0v) is 5.94. The van der Waals surface area contributed by atoms with Crippen molar-refractivity contribution in [2.75, 3.05) is 7.11 Å². The Hall–Kier alpha value is -1.29. The molecule has 0 aromatic carbocycles. The third kappa shape index (κ3) is 1.25. The number of hydrogen-bond donors (Lipinski definition) is 2. The fourth-order valence-electron chi connectivity index (χ4n) is 0.776. The van der Waals surface area contributed by atoms with Crippen molar-refractivity contribution >= 4 is 5.78 Å². The number of aliphatic hydroxyl groups is 2. The van der Waals surface area contributed by atoms with Crippen LogP contribution in [-0.2, 0) is 9.53 Å². The van der Waals surface area contributed by atoms with E-state index in [1.165, 1.54) is 13.2 Å². The summed E-state index contributed by atoms with van der Waals surface area (Å²) in [6.07, 6.45) is 1.00. The lowest BCUT2D eigenvalue weighted by Gasteiger charge is -2.13. The highest BCUT2D eigenvalue weighted by Crippen LogP contribution is 2.14. The quantitative estimate of drug-likeness (QED) is 0.556. The van der Waals surface area contributed by atoms with E-state index in [0.717, 1.165) is 6.08 Å². The normalized spacial score (nSPS) is 24.2. The maximum Gasteiger partial charge on any atom is 0.192 e. The molecule has 0 aliphatic heterocycles. The molecule has 0 radical (unpaired) electrons. The highest BCUT2D eigenvalue weighted by atomic mass is 16.5. The van der Waals surface area contributed by atoms with Crippen LogP contribution in [0.1, 0.15) is 0 Å². The monoisotopic (exact) mass is 156 g/mol. The van der Waals surface area contributed by atoms with Crippen molar-refractivity contribution in [3.05, 3.63) is 23.7 Å². The van der Waals surface area contributed by atoms with Gasteiger partial charge in [-0.25, -0.2) is 0 Å². The van der Waals surface area contributed by atoms with E-state index in [-0.39, 0.29) is 5.76 Å². The molecule has 0 fully saturated rings. The molecule has 1 aliphatic carbocycles. The smallest absolute Gasteiger partial charge is 0.192 e. The second-order valence-electron chi connectivity index (χ2n) is 2.09. The third-order valence-electron chi connectivity index (χ3n) is 1.40. The number of ketones is 1. The first kappa shape index (κ1) is 7.81. The minimum absolute atomic E-state index is 0.122. The fraction of sp³-hybridized carbons (Fsp3) is 0.286. The van der Waals surface area contributed by atoms with Gasteiger partial charge in [-0.05, 0) is 12.2 Å². The molecule has 0 heterocycles. The number of allylic oxidation sites excluding steroid dienone is 1. The minimum Gasteiger partial charge on any atom is -0.506 e. The molecule has 0 aromatic heterocycles. The molecule has 2 N–H and O–H groups in total. The number of carbonyl (C=O) groups is 1.